The van der Waals surface area contributed by atoms with Crippen molar-refractivity contribution in [1.29, 1.82) is 5.26 Å². The van der Waals surface area contributed by atoms with Crippen molar-refractivity contribution in [3.05, 3.63) is 59.4 Å². The summed E-state index contributed by atoms with van der Waals surface area (Å²) in [5, 5.41) is 15.3. The van der Waals surface area contributed by atoms with Gasteiger partial charge in [-0.3, -0.25) is 0 Å². The molecule has 0 fully saturated rings. The number of benzene rings is 1. The van der Waals surface area contributed by atoms with Crippen LogP contribution in [0.25, 0.3) is 10.6 Å². The Morgan fingerprint density at radius 3 is 2.76 bits per heavy atom. The Labute approximate surface area is 127 Å². The standard InChI is InChI=1S/C16H14N4S/c1-20-11-12(8-15(20)9-17)10-19-14-4-2-13(3-5-14)16-18-6-7-21-16/h2-8,11,19H,10H2,1H3. The first-order valence-electron chi connectivity index (χ1n) is 6.55. The highest BCUT2D eigenvalue weighted by Crippen LogP contribution is 2.23. The van der Waals surface area contributed by atoms with Crippen LogP contribution in [-0.4, -0.2) is 9.55 Å². The van der Waals surface area contributed by atoms with Crippen LogP contribution in [0.1, 0.15) is 11.3 Å². The summed E-state index contributed by atoms with van der Waals surface area (Å²) in [5.74, 6) is 0. The van der Waals surface area contributed by atoms with E-state index in [0.29, 0.717) is 12.2 Å². The summed E-state index contributed by atoms with van der Waals surface area (Å²) in [4.78, 5) is 4.30. The average molecular weight is 294 g/mol. The fourth-order valence-corrected chi connectivity index (χ4v) is 2.79. The molecule has 0 bridgehead atoms. The largest absolute Gasteiger partial charge is 0.381 e. The van der Waals surface area contributed by atoms with Crippen LogP contribution < -0.4 is 5.32 Å². The molecule has 0 unspecified atom stereocenters. The second kappa shape index (κ2) is 5.81. The van der Waals surface area contributed by atoms with Crippen LogP contribution in [0, 0.1) is 11.3 Å². The minimum atomic E-state index is 0.672. The van der Waals surface area contributed by atoms with Crippen LogP contribution in [0.4, 0.5) is 5.69 Å². The molecule has 1 N–H and O–H groups in total. The van der Waals surface area contributed by atoms with E-state index in [4.69, 9.17) is 5.26 Å². The zero-order valence-corrected chi connectivity index (χ0v) is 12.4. The normalized spacial score (nSPS) is 10.3. The van der Waals surface area contributed by atoms with Gasteiger partial charge in [-0.15, -0.1) is 11.3 Å². The summed E-state index contributed by atoms with van der Waals surface area (Å²) in [7, 11) is 1.88. The molecule has 21 heavy (non-hydrogen) atoms. The van der Waals surface area contributed by atoms with Crippen molar-refractivity contribution in [2.75, 3.05) is 5.32 Å². The number of nitrogens with one attached hydrogen (secondary N) is 1. The highest BCUT2D eigenvalue weighted by molar-refractivity contribution is 7.13. The van der Waals surface area contributed by atoms with Crippen molar-refractivity contribution >= 4 is 17.0 Å². The van der Waals surface area contributed by atoms with Gasteiger partial charge in [0.2, 0.25) is 0 Å². The van der Waals surface area contributed by atoms with Gasteiger partial charge in [-0.25, -0.2) is 4.98 Å². The molecule has 2 aromatic heterocycles. The number of hydrogen-bond acceptors (Lipinski definition) is 4. The van der Waals surface area contributed by atoms with Gasteiger partial charge >= 0.3 is 0 Å². The summed E-state index contributed by atoms with van der Waals surface area (Å²) in [6.45, 7) is 0.701. The van der Waals surface area contributed by atoms with E-state index in [1.54, 1.807) is 11.3 Å². The summed E-state index contributed by atoms with van der Waals surface area (Å²) in [6.07, 6.45) is 3.78. The van der Waals surface area contributed by atoms with Crippen LogP contribution in [-0.2, 0) is 13.6 Å². The summed E-state index contributed by atoms with van der Waals surface area (Å²) in [5.41, 5.74) is 3.95. The molecule has 0 radical (unpaired) electrons. The lowest BCUT2D eigenvalue weighted by molar-refractivity contribution is 0.902. The first kappa shape index (κ1) is 13.4. The third-order valence-electron chi connectivity index (χ3n) is 3.24. The molecule has 0 saturated heterocycles. The molecule has 0 amide bonds. The lowest BCUT2D eigenvalue weighted by Gasteiger charge is -2.05. The summed E-state index contributed by atoms with van der Waals surface area (Å²) in [6, 6.07) is 12.3. The Kier molecular flexibility index (Phi) is 3.71. The molecule has 3 aromatic rings. The van der Waals surface area contributed by atoms with Crippen molar-refractivity contribution in [1.82, 2.24) is 9.55 Å². The van der Waals surface area contributed by atoms with Gasteiger partial charge in [-0.1, -0.05) is 0 Å². The minimum absolute atomic E-state index is 0.672. The Morgan fingerprint density at radius 2 is 2.14 bits per heavy atom. The van der Waals surface area contributed by atoms with Crippen LogP contribution in [0.2, 0.25) is 0 Å². The quantitative estimate of drug-likeness (QED) is 0.799. The molecule has 2 heterocycles. The molecule has 4 nitrogen and oxygen atoms in total. The van der Waals surface area contributed by atoms with Gasteiger partial charge in [0.1, 0.15) is 16.8 Å². The van der Waals surface area contributed by atoms with Crippen LogP contribution >= 0.6 is 11.3 Å². The van der Waals surface area contributed by atoms with Gasteiger partial charge in [-0.2, -0.15) is 5.26 Å². The van der Waals surface area contributed by atoms with E-state index in [0.717, 1.165) is 21.8 Å². The van der Waals surface area contributed by atoms with Gasteiger partial charge in [0.25, 0.3) is 0 Å². The van der Waals surface area contributed by atoms with E-state index in [1.807, 2.05) is 47.6 Å². The molecular weight excluding hydrogens is 280 g/mol. The third-order valence-corrected chi connectivity index (χ3v) is 4.06. The summed E-state index contributed by atoms with van der Waals surface area (Å²) < 4.78 is 1.84. The smallest absolute Gasteiger partial charge is 0.123 e. The highest BCUT2D eigenvalue weighted by Gasteiger charge is 2.03. The molecule has 0 aliphatic rings. The monoisotopic (exact) mass is 294 g/mol. The van der Waals surface area contributed by atoms with Crippen molar-refractivity contribution in [2.45, 2.75) is 6.54 Å². The Bertz CT molecular complexity index is 764. The number of aromatic nitrogens is 2. The first-order chi connectivity index (χ1) is 10.3. The molecule has 0 spiro atoms. The van der Waals surface area contributed by atoms with E-state index in [2.05, 4.69) is 28.5 Å². The number of nitriles is 1. The van der Waals surface area contributed by atoms with Crippen LogP contribution in [0.15, 0.2) is 48.1 Å². The molecule has 1 aromatic carbocycles. The predicted octanol–water partition coefficient (Wildman–Crippen LogP) is 3.63. The van der Waals surface area contributed by atoms with E-state index in [-0.39, 0.29) is 0 Å². The van der Waals surface area contributed by atoms with Crippen LogP contribution in [0.5, 0.6) is 0 Å². The molecule has 5 heteroatoms. The average Bonchev–Trinajstić information content (AvgIpc) is 3.15. The minimum Gasteiger partial charge on any atom is -0.381 e. The van der Waals surface area contributed by atoms with Crippen molar-refractivity contribution < 1.29 is 0 Å². The lowest BCUT2D eigenvalue weighted by atomic mass is 10.2. The topological polar surface area (TPSA) is 53.6 Å². The molecule has 0 saturated carbocycles. The number of rotatable bonds is 4. The lowest BCUT2D eigenvalue weighted by Crippen LogP contribution is -1.98. The Morgan fingerprint density at radius 1 is 1.33 bits per heavy atom. The van der Waals surface area contributed by atoms with Crippen molar-refractivity contribution in [3.63, 3.8) is 0 Å². The number of nitrogens with zero attached hydrogens (tertiary/aromatic N) is 3. The number of hydrogen-bond donors (Lipinski definition) is 1. The molecule has 0 atom stereocenters. The maximum absolute atomic E-state index is 8.94. The molecular formula is C16H14N4S. The maximum atomic E-state index is 8.94. The fraction of sp³-hybridized carbons (Fsp3) is 0.125. The SMILES string of the molecule is Cn1cc(CNc2ccc(-c3nccs3)cc2)cc1C#N. The first-order valence-corrected chi connectivity index (χ1v) is 7.43. The molecule has 0 aliphatic heterocycles. The maximum Gasteiger partial charge on any atom is 0.123 e. The van der Waals surface area contributed by atoms with Gasteiger partial charge < -0.3 is 9.88 Å². The van der Waals surface area contributed by atoms with Crippen molar-refractivity contribution in [2.24, 2.45) is 7.05 Å². The van der Waals surface area contributed by atoms with Crippen LogP contribution in [0.3, 0.4) is 0 Å². The third kappa shape index (κ3) is 2.96. The van der Waals surface area contributed by atoms with E-state index in [9.17, 15) is 0 Å². The van der Waals surface area contributed by atoms with E-state index < -0.39 is 0 Å². The zero-order chi connectivity index (χ0) is 14.7. The Balaban J connectivity index is 1.67. The predicted molar refractivity (Wildman–Crippen MR) is 85.0 cm³/mol. The molecule has 3 rings (SSSR count). The second-order valence-electron chi connectivity index (χ2n) is 4.72. The number of anilines is 1. The summed E-state index contributed by atoms with van der Waals surface area (Å²) >= 11 is 1.63. The van der Waals surface area contributed by atoms with Gasteiger partial charge in [-0.05, 0) is 35.9 Å². The van der Waals surface area contributed by atoms with E-state index >= 15 is 0 Å². The zero-order valence-electron chi connectivity index (χ0n) is 11.6. The van der Waals surface area contributed by atoms with Gasteiger partial charge in [0, 0.05) is 42.6 Å². The second-order valence-corrected chi connectivity index (χ2v) is 5.62. The number of aryl methyl sites for hydroxylation is 1. The Hall–Kier alpha value is -2.58. The van der Waals surface area contributed by atoms with E-state index in [1.165, 1.54) is 0 Å². The van der Waals surface area contributed by atoms with Gasteiger partial charge in [0.05, 0.1) is 0 Å². The molecule has 104 valence electrons. The van der Waals surface area contributed by atoms with Crippen molar-refractivity contribution in [3.8, 4) is 16.6 Å². The van der Waals surface area contributed by atoms with Gasteiger partial charge in [0.15, 0.2) is 0 Å². The number of thiazole rings is 1. The highest BCUT2D eigenvalue weighted by atomic mass is 32.1. The molecule has 0 aliphatic carbocycles. The fourth-order valence-electron chi connectivity index (χ4n) is 2.14.